The molecule has 1 aromatic heterocycles. The number of carbonyl (C=O) groups excluding carboxylic acids is 1. The first-order chi connectivity index (χ1) is 11.6. The fourth-order valence-electron chi connectivity index (χ4n) is 3.06. The van der Waals surface area contributed by atoms with Gasteiger partial charge in [0.1, 0.15) is 5.75 Å². The summed E-state index contributed by atoms with van der Waals surface area (Å²) in [4.78, 5) is 21.8. The van der Waals surface area contributed by atoms with Gasteiger partial charge in [-0.3, -0.25) is 4.79 Å². The highest BCUT2D eigenvalue weighted by Crippen LogP contribution is 2.24. The molecule has 1 N–H and O–H groups in total. The van der Waals surface area contributed by atoms with Gasteiger partial charge in [-0.1, -0.05) is 11.6 Å². The van der Waals surface area contributed by atoms with Crippen LogP contribution < -0.4 is 4.74 Å². The lowest BCUT2D eigenvalue weighted by molar-refractivity contribution is -0.134. The number of H-pyrrole nitrogens is 1. The first-order valence-corrected chi connectivity index (χ1v) is 8.66. The van der Waals surface area contributed by atoms with Gasteiger partial charge in [-0.15, -0.1) is 12.4 Å². The van der Waals surface area contributed by atoms with Crippen molar-refractivity contribution in [3.63, 3.8) is 0 Å². The van der Waals surface area contributed by atoms with Crippen LogP contribution >= 0.6 is 24.0 Å². The van der Waals surface area contributed by atoms with Crippen LogP contribution in [0.3, 0.4) is 0 Å². The number of nitrogens with one attached hydrogen (secondary N) is 1. The fraction of sp³-hybridized carbons (Fsp3) is 0.444. The van der Waals surface area contributed by atoms with Gasteiger partial charge in [-0.25, -0.2) is 4.98 Å². The number of amides is 1. The van der Waals surface area contributed by atoms with E-state index < -0.39 is 0 Å². The van der Waals surface area contributed by atoms with Crippen molar-refractivity contribution in [2.75, 3.05) is 20.2 Å². The zero-order valence-electron chi connectivity index (χ0n) is 14.2. The molecule has 0 spiro atoms. The van der Waals surface area contributed by atoms with Crippen molar-refractivity contribution >= 4 is 29.9 Å². The number of rotatable bonds is 6. The molecule has 1 atom stereocenters. The molecule has 1 aliphatic carbocycles. The molecule has 0 fully saturated rings. The molecule has 0 radical (unpaired) electrons. The molecule has 1 amide bonds. The Kier molecular flexibility index (Phi) is 7.14. The number of aromatic amines is 1. The highest BCUT2D eigenvalue weighted by Gasteiger charge is 2.28. The van der Waals surface area contributed by atoms with E-state index in [0.717, 1.165) is 42.8 Å². The Balaban J connectivity index is 0.00000225. The van der Waals surface area contributed by atoms with Crippen LogP contribution in [0, 0.1) is 5.92 Å². The summed E-state index contributed by atoms with van der Waals surface area (Å²) in [7, 11) is 1.87. The monoisotopic (exact) mass is 383 g/mol. The summed E-state index contributed by atoms with van der Waals surface area (Å²) in [5.74, 6) is 1.06. The van der Waals surface area contributed by atoms with E-state index in [9.17, 15) is 4.79 Å². The standard InChI is InChI=1S/C18H22ClN3O2.ClH/c1-22(9-2-10-24-15-6-4-14(19)5-7-15)18(23)13-3-8-16-17(11-13)21-12-20-16;/h4-7,12-13H,2-3,8-11H2,1H3,(H,20,21);1H. The molecule has 25 heavy (non-hydrogen) atoms. The molecule has 2 aromatic rings. The number of hydrogen-bond acceptors (Lipinski definition) is 3. The van der Waals surface area contributed by atoms with Crippen LogP contribution in [0.2, 0.25) is 5.02 Å². The van der Waals surface area contributed by atoms with Crippen LogP contribution in [-0.4, -0.2) is 41.0 Å². The lowest BCUT2D eigenvalue weighted by Gasteiger charge is -2.26. The smallest absolute Gasteiger partial charge is 0.225 e. The molecule has 0 aliphatic heterocycles. The average molecular weight is 384 g/mol. The number of aryl methyl sites for hydroxylation is 1. The second kappa shape index (κ2) is 9.11. The van der Waals surface area contributed by atoms with Crippen LogP contribution in [0.25, 0.3) is 0 Å². The Morgan fingerprint density at radius 2 is 2.16 bits per heavy atom. The predicted octanol–water partition coefficient (Wildman–Crippen LogP) is 3.52. The van der Waals surface area contributed by atoms with E-state index in [0.29, 0.717) is 18.2 Å². The summed E-state index contributed by atoms with van der Waals surface area (Å²) in [6.07, 6.45) is 5.03. The van der Waals surface area contributed by atoms with Crippen LogP contribution in [0.4, 0.5) is 0 Å². The second-order valence-electron chi connectivity index (χ2n) is 6.18. The zero-order valence-corrected chi connectivity index (χ0v) is 15.8. The van der Waals surface area contributed by atoms with E-state index in [1.165, 1.54) is 0 Å². The first kappa shape index (κ1) is 19.6. The summed E-state index contributed by atoms with van der Waals surface area (Å²) in [5.41, 5.74) is 2.22. The summed E-state index contributed by atoms with van der Waals surface area (Å²) < 4.78 is 5.66. The van der Waals surface area contributed by atoms with E-state index in [-0.39, 0.29) is 24.2 Å². The Hall–Kier alpha value is -1.72. The molecule has 0 bridgehead atoms. The third kappa shape index (κ3) is 5.13. The molecule has 136 valence electrons. The van der Waals surface area contributed by atoms with E-state index >= 15 is 0 Å². The predicted molar refractivity (Wildman–Crippen MR) is 101 cm³/mol. The molecule has 1 aliphatic rings. The minimum absolute atomic E-state index is 0. The molecule has 7 heteroatoms. The molecule has 1 heterocycles. The first-order valence-electron chi connectivity index (χ1n) is 8.28. The van der Waals surface area contributed by atoms with Gasteiger partial charge in [0.05, 0.1) is 18.6 Å². The van der Waals surface area contributed by atoms with Crippen LogP contribution in [0.1, 0.15) is 24.2 Å². The van der Waals surface area contributed by atoms with Gasteiger partial charge < -0.3 is 14.6 Å². The normalized spacial score (nSPS) is 15.8. The Bertz CT molecular complexity index is 688. The average Bonchev–Trinajstić information content (AvgIpc) is 3.07. The maximum absolute atomic E-state index is 12.6. The van der Waals surface area contributed by atoms with Gasteiger partial charge in [-0.2, -0.15) is 0 Å². The summed E-state index contributed by atoms with van der Waals surface area (Å²) >= 11 is 5.84. The van der Waals surface area contributed by atoms with Crippen molar-refractivity contribution in [3.8, 4) is 5.75 Å². The molecular weight excluding hydrogens is 361 g/mol. The third-order valence-electron chi connectivity index (χ3n) is 4.43. The molecule has 0 saturated heterocycles. The van der Waals surface area contributed by atoms with Crippen LogP contribution in [0.5, 0.6) is 5.75 Å². The van der Waals surface area contributed by atoms with E-state index in [4.69, 9.17) is 16.3 Å². The van der Waals surface area contributed by atoms with Gasteiger partial charge in [0, 0.05) is 36.6 Å². The van der Waals surface area contributed by atoms with Crippen LogP contribution in [-0.2, 0) is 17.6 Å². The Morgan fingerprint density at radius 1 is 1.40 bits per heavy atom. The topological polar surface area (TPSA) is 58.2 Å². The molecule has 5 nitrogen and oxygen atoms in total. The number of hydrogen-bond donors (Lipinski definition) is 1. The maximum atomic E-state index is 12.6. The van der Waals surface area contributed by atoms with Crippen molar-refractivity contribution < 1.29 is 9.53 Å². The minimum atomic E-state index is 0. The van der Waals surface area contributed by atoms with Crippen molar-refractivity contribution in [1.82, 2.24) is 14.9 Å². The number of fused-ring (bicyclic) bond motifs is 1. The number of carbonyl (C=O) groups is 1. The maximum Gasteiger partial charge on any atom is 0.225 e. The van der Waals surface area contributed by atoms with Gasteiger partial charge in [-0.05, 0) is 43.5 Å². The number of halogens is 2. The molecule has 3 rings (SSSR count). The number of aromatic nitrogens is 2. The van der Waals surface area contributed by atoms with E-state index in [2.05, 4.69) is 9.97 Å². The summed E-state index contributed by atoms with van der Waals surface area (Å²) in [5, 5.41) is 0.695. The number of benzene rings is 1. The SMILES string of the molecule is CN(CCCOc1ccc(Cl)cc1)C(=O)C1CCc2nc[nH]c2C1.Cl. The number of imidazole rings is 1. The van der Waals surface area contributed by atoms with Gasteiger partial charge in [0.15, 0.2) is 0 Å². The second-order valence-corrected chi connectivity index (χ2v) is 6.62. The van der Waals surface area contributed by atoms with Gasteiger partial charge >= 0.3 is 0 Å². The largest absolute Gasteiger partial charge is 0.494 e. The Labute approximate surface area is 159 Å². The zero-order chi connectivity index (χ0) is 16.9. The van der Waals surface area contributed by atoms with Crippen molar-refractivity contribution in [2.45, 2.75) is 25.7 Å². The molecule has 0 saturated carbocycles. The minimum Gasteiger partial charge on any atom is -0.494 e. The fourth-order valence-corrected chi connectivity index (χ4v) is 3.18. The number of nitrogens with zero attached hydrogens (tertiary/aromatic N) is 2. The van der Waals surface area contributed by atoms with Crippen molar-refractivity contribution in [1.29, 1.82) is 0 Å². The van der Waals surface area contributed by atoms with Crippen molar-refractivity contribution in [2.24, 2.45) is 5.92 Å². The lowest BCUT2D eigenvalue weighted by Crippen LogP contribution is -2.36. The van der Waals surface area contributed by atoms with Gasteiger partial charge in [0.2, 0.25) is 5.91 Å². The summed E-state index contributed by atoms with van der Waals surface area (Å²) in [6.45, 7) is 1.27. The lowest BCUT2D eigenvalue weighted by atomic mass is 9.89. The van der Waals surface area contributed by atoms with E-state index in [1.807, 2.05) is 24.1 Å². The number of ether oxygens (including phenoxy) is 1. The summed E-state index contributed by atoms with van der Waals surface area (Å²) in [6, 6.07) is 7.31. The molecule has 1 aromatic carbocycles. The highest BCUT2D eigenvalue weighted by molar-refractivity contribution is 6.30. The Morgan fingerprint density at radius 3 is 2.92 bits per heavy atom. The van der Waals surface area contributed by atoms with Crippen molar-refractivity contribution in [3.05, 3.63) is 47.0 Å². The van der Waals surface area contributed by atoms with Crippen LogP contribution in [0.15, 0.2) is 30.6 Å². The molecule has 1 unspecified atom stereocenters. The highest BCUT2D eigenvalue weighted by atomic mass is 35.5. The molecular formula is C18H23Cl2N3O2. The quantitative estimate of drug-likeness (QED) is 0.776. The third-order valence-corrected chi connectivity index (χ3v) is 4.69. The van der Waals surface area contributed by atoms with Gasteiger partial charge in [0.25, 0.3) is 0 Å². The van der Waals surface area contributed by atoms with E-state index in [1.54, 1.807) is 18.5 Å².